The van der Waals surface area contributed by atoms with Crippen LogP contribution in [0.3, 0.4) is 0 Å². The maximum absolute atomic E-state index is 12.8. The smallest absolute Gasteiger partial charge is 0.272 e. The fourth-order valence-electron chi connectivity index (χ4n) is 4.74. The molecule has 2 aliphatic rings. The van der Waals surface area contributed by atoms with Gasteiger partial charge in [-0.3, -0.25) is 14.6 Å². The summed E-state index contributed by atoms with van der Waals surface area (Å²) >= 11 is 0. The van der Waals surface area contributed by atoms with Crippen molar-refractivity contribution in [3.63, 3.8) is 0 Å². The fourth-order valence-corrected chi connectivity index (χ4v) is 4.74. The van der Waals surface area contributed by atoms with Gasteiger partial charge in [-0.2, -0.15) is 0 Å². The second-order valence-electron chi connectivity index (χ2n) is 8.76. The number of rotatable bonds is 5. The standard InChI is InChI=1S/C24H31N5O2/c1-16-20(14-22(30)28-19-9-3-4-10-19)17(2)27-23(26-16)18-8-7-13-29(15-18)24(31)21-11-5-6-12-25-21/h5-6,11-12,18-19H,3-4,7-10,13-15H2,1-2H3,(H,28,30)/t18-/m1/s1. The number of carbonyl (C=O) groups is 2. The number of carbonyl (C=O) groups excluding carboxylic acids is 2. The van der Waals surface area contributed by atoms with E-state index in [1.165, 1.54) is 12.8 Å². The molecular formula is C24H31N5O2. The van der Waals surface area contributed by atoms with Gasteiger partial charge in [0.25, 0.3) is 5.91 Å². The van der Waals surface area contributed by atoms with E-state index in [0.717, 1.165) is 55.0 Å². The van der Waals surface area contributed by atoms with Crippen LogP contribution in [0.5, 0.6) is 0 Å². The van der Waals surface area contributed by atoms with Gasteiger partial charge in [0.15, 0.2) is 0 Å². The Kier molecular flexibility index (Phi) is 6.59. The molecule has 2 fully saturated rings. The minimum atomic E-state index is -0.0426. The predicted octanol–water partition coefficient (Wildman–Crippen LogP) is 3.11. The Hall–Kier alpha value is -2.83. The van der Waals surface area contributed by atoms with E-state index in [2.05, 4.69) is 10.3 Å². The number of hydrogen-bond acceptors (Lipinski definition) is 5. The molecule has 1 atom stereocenters. The first-order valence-electron chi connectivity index (χ1n) is 11.3. The van der Waals surface area contributed by atoms with E-state index in [1.807, 2.05) is 30.9 Å². The van der Waals surface area contributed by atoms with Gasteiger partial charge >= 0.3 is 0 Å². The molecule has 1 saturated heterocycles. The summed E-state index contributed by atoms with van der Waals surface area (Å²) in [6.45, 7) is 5.23. The lowest BCUT2D eigenvalue weighted by molar-refractivity contribution is -0.121. The molecular weight excluding hydrogens is 390 g/mol. The van der Waals surface area contributed by atoms with Crippen molar-refractivity contribution >= 4 is 11.8 Å². The van der Waals surface area contributed by atoms with Crippen LogP contribution in [0.1, 0.15) is 77.7 Å². The van der Waals surface area contributed by atoms with Crippen LogP contribution in [-0.2, 0) is 11.2 Å². The first-order valence-corrected chi connectivity index (χ1v) is 11.3. The molecule has 7 nitrogen and oxygen atoms in total. The molecule has 3 heterocycles. The largest absolute Gasteiger partial charge is 0.353 e. The van der Waals surface area contributed by atoms with Crippen LogP contribution < -0.4 is 5.32 Å². The van der Waals surface area contributed by atoms with Gasteiger partial charge in [0.1, 0.15) is 11.5 Å². The number of nitrogens with zero attached hydrogens (tertiary/aromatic N) is 4. The number of hydrogen-bond donors (Lipinski definition) is 1. The van der Waals surface area contributed by atoms with Crippen molar-refractivity contribution in [2.75, 3.05) is 13.1 Å². The summed E-state index contributed by atoms with van der Waals surface area (Å²) in [5, 5.41) is 3.15. The van der Waals surface area contributed by atoms with Crippen molar-refractivity contribution in [1.29, 1.82) is 0 Å². The van der Waals surface area contributed by atoms with E-state index in [0.29, 0.717) is 24.7 Å². The molecule has 7 heteroatoms. The second-order valence-corrected chi connectivity index (χ2v) is 8.76. The molecule has 0 radical (unpaired) electrons. The van der Waals surface area contributed by atoms with Gasteiger partial charge in [-0.1, -0.05) is 18.9 Å². The van der Waals surface area contributed by atoms with Crippen molar-refractivity contribution in [2.24, 2.45) is 0 Å². The lowest BCUT2D eigenvalue weighted by atomic mass is 9.96. The number of aromatic nitrogens is 3. The Bertz CT molecular complexity index is 917. The third-order valence-corrected chi connectivity index (χ3v) is 6.45. The first kappa shape index (κ1) is 21.4. The molecule has 0 spiro atoms. The lowest BCUT2D eigenvalue weighted by Crippen LogP contribution is -2.40. The Morgan fingerprint density at radius 1 is 1.06 bits per heavy atom. The van der Waals surface area contributed by atoms with Crippen LogP contribution >= 0.6 is 0 Å². The van der Waals surface area contributed by atoms with Crippen molar-refractivity contribution in [1.82, 2.24) is 25.2 Å². The second kappa shape index (κ2) is 9.54. The van der Waals surface area contributed by atoms with Gasteiger partial charge in [-0.05, 0) is 51.7 Å². The van der Waals surface area contributed by atoms with E-state index < -0.39 is 0 Å². The predicted molar refractivity (Wildman–Crippen MR) is 118 cm³/mol. The van der Waals surface area contributed by atoms with E-state index in [4.69, 9.17) is 9.97 Å². The summed E-state index contributed by atoms with van der Waals surface area (Å²) in [5.74, 6) is 0.881. The molecule has 0 aromatic carbocycles. The zero-order valence-corrected chi connectivity index (χ0v) is 18.4. The van der Waals surface area contributed by atoms with E-state index >= 15 is 0 Å². The van der Waals surface area contributed by atoms with Gasteiger partial charge in [0.05, 0.1) is 6.42 Å². The summed E-state index contributed by atoms with van der Waals surface area (Å²) in [6, 6.07) is 5.71. The number of pyridine rings is 1. The molecule has 1 saturated carbocycles. The minimum Gasteiger partial charge on any atom is -0.353 e. The summed E-state index contributed by atoms with van der Waals surface area (Å²) in [6.07, 6.45) is 8.38. The van der Waals surface area contributed by atoms with Crippen LogP contribution in [0.2, 0.25) is 0 Å². The molecule has 1 N–H and O–H groups in total. The van der Waals surface area contributed by atoms with Gasteiger partial charge < -0.3 is 10.2 Å². The SMILES string of the molecule is Cc1nc([C@@H]2CCCN(C(=O)c3ccccn3)C2)nc(C)c1CC(=O)NC1CCCC1. The van der Waals surface area contributed by atoms with Crippen molar-refractivity contribution in [3.05, 3.63) is 52.9 Å². The number of piperidine rings is 1. The summed E-state index contributed by atoms with van der Waals surface area (Å²) in [5.41, 5.74) is 3.10. The first-order chi connectivity index (χ1) is 15.0. The maximum atomic E-state index is 12.8. The maximum Gasteiger partial charge on any atom is 0.272 e. The molecule has 1 aliphatic carbocycles. The molecule has 2 aromatic rings. The number of likely N-dealkylation sites (tertiary alicyclic amines) is 1. The highest BCUT2D eigenvalue weighted by atomic mass is 16.2. The van der Waals surface area contributed by atoms with E-state index in [9.17, 15) is 9.59 Å². The van der Waals surface area contributed by atoms with Crippen LogP contribution in [0, 0.1) is 13.8 Å². The van der Waals surface area contributed by atoms with Gasteiger partial charge in [0, 0.05) is 48.2 Å². The monoisotopic (exact) mass is 421 g/mol. The van der Waals surface area contributed by atoms with Crippen molar-refractivity contribution in [2.45, 2.75) is 70.8 Å². The molecule has 2 aromatic heterocycles. The zero-order valence-electron chi connectivity index (χ0n) is 18.4. The average molecular weight is 422 g/mol. The number of nitrogens with one attached hydrogen (secondary N) is 1. The van der Waals surface area contributed by atoms with E-state index in [-0.39, 0.29) is 17.7 Å². The Morgan fingerprint density at radius 2 is 1.81 bits per heavy atom. The van der Waals surface area contributed by atoms with E-state index in [1.54, 1.807) is 12.3 Å². The van der Waals surface area contributed by atoms with Crippen molar-refractivity contribution < 1.29 is 9.59 Å². The zero-order chi connectivity index (χ0) is 21.8. The molecule has 0 bridgehead atoms. The topological polar surface area (TPSA) is 88.1 Å². The Labute approximate surface area is 183 Å². The van der Waals surface area contributed by atoms with Gasteiger partial charge in [0.2, 0.25) is 5.91 Å². The van der Waals surface area contributed by atoms with Crippen LogP contribution in [0.25, 0.3) is 0 Å². The fraction of sp³-hybridized carbons (Fsp3) is 0.542. The Morgan fingerprint density at radius 3 is 2.48 bits per heavy atom. The summed E-state index contributed by atoms with van der Waals surface area (Å²) in [4.78, 5) is 40.9. The van der Waals surface area contributed by atoms with Crippen LogP contribution in [0.15, 0.2) is 24.4 Å². The highest BCUT2D eigenvalue weighted by Crippen LogP contribution is 2.27. The quantitative estimate of drug-likeness (QED) is 0.801. The highest BCUT2D eigenvalue weighted by molar-refractivity contribution is 5.92. The summed E-state index contributed by atoms with van der Waals surface area (Å²) < 4.78 is 0. The number of aryl methyl sites for hydroxylation is 2. The third kappa shape index (κ3) is 5.09. The molecule has 1 aliphatic heterocycles. The van der Waals surface area contributed by atoms with Crippen LogP contribution in [-0.4, -0.2) is 50.8 Å². The number of amides is 2. The van der Waals surface area contributed by atoms with Gasteiger partial charge in [-0.15, -0.1) is 0 Å². The average Bonchev–Trinajstić information content (AvgIpc) is 3.29. The molecule has 31 heavy (non-hydrogen) atoms. The van der Waals surface area contributed by atoms with Gasteiger partial charge in [-0.25, -0.2) is 9.97 Å². The highest BCUT2D eigenvalue weighted by Gasteiger charge is 2.28. The lowest BCUT2D eigenvalue weighted by Gasteiger charge is -2.32. The van der Waals surface area contributed by atoms with Crippen LogP contribution in [0.4, 0.5) is 0 Å². The molecule has 164 valence electrons. The Balaban J connectivity index is 1.44. The normalized spacial score (nSPS) is 19.4. The molecule has 4 rings (SSSR count). The summed E-state index contributed by atoms with van der Waals surface area (Å²) in [7, 11) is 0. The van der Waals surface area contributed by atoms with Crippen molar-refractivity contribution in [3.8, 4) is 0 Å². The third-order valence-electron chi connectivity index (χ3n) is 6.45. The molecule has 0 unspecified atom stereocenters. The minimum absolute atomic E-state index is 0.0426. The molecule has 2 amide bonds.